The Morgan fingerprint density at radius 1 is 1.05 bits per heavy atom. The van der Waals surface area contributed by atoms with Gasteiger partial charge < -0.3 is 9.88 Å². The van der Waals surface area contributed by atoms with E-state index in [1.165, 1.54) is 0 Å². The molecule has 0 fully saturated rings. The molecule has 2 aromatic rings. The summed E-state index contributed by atoms with van der Waals surface area (Å²) < 4.78 is 0. The van der Waals surface area contributed by atoms with Crippen LogP contribution < -0.4 is 0 Å². The molecule has 0 aliphatic carbocycles. The van der Waals surface area contributed by atoms with Crippen molar-refractivity contribution < 1.29 is 9.59 Å². The number of amides is 1. The van der Waals surface area contributed by atoms with Crippen LogP contribution in [0.4, 0.5) is 0 Å². The van der Waals surface area contributed by atoms with Crippen molar-refractivity contribution in [3.05, 3.63) is 35.5 Å². The van der Waals surface area contributed by atoms with Crippen LogP contribution in [0.25, 0.3) is 10.9 Å². The van der Waals surface area contributed by atoms with E-state index in [0.29, 0.717) is 5.56 Å². The van der Waals surface area contributed by atoms with Crippen molar-refractivity contribution in [1.82, 2.24) is 9.88 Å². The molecular weight excluding hydrogens is 264 g/mol. The normalized spacial score (nSPS) is 11.4. The zero-order chi connectivity index (χ0) is 15.7. The van der Waals surface area contributed by atoms with Gasteiger partial charge in [-0.2, -0.15) is 0 Å². The fraction of sp³-hybridized carbons (Fsp3) is 0.412. The largest absolute Gasteiger partial charge is 0.358 e. The second-order valence-electron chi connectivity index (χ2n) is 5.90. The van der Waals surface area contributed by atoms with E-state index >= 15 is 0 Å². The van der Waals surface area contributed by atoms with E-state index < -0.39 is 11.7 Å². The van der Waals surface area contributed by atoms with E-state index in [2.05, 4.69) is 4.98 Å². The SMILES string of the molecule is Cc1[nH]c2ccccc2c1C(=O)C(=O)N(C(C)C)C(C)C. The summed E-state index contributed by atoms with van der Waals surface area (Å²) in [4.78, 5) is 30.1. The maximum atomic E-state index is 12.7. The average molecular weight is 286 g/mol. The predicted molar refractivity (Wildman–Crippen MR) is 84.5 cm³/mol. The summed E-state index contributed by atoms with van der Waals surface area (Å²) in [7, 11) is 0. The van der Waals surface area contributed by atoms with E-state index in [1.54, 1.807) is 4.90 Å². The van der Waals surface area contributed by atoms with E-state index in [-0.39, 0.29) is 12.1 Å². The van der Waals surface area contributed by atoms with Crippen molar-refractivity contribution in [1.29, 1.82) is 0 Å². The van der Waals surface area contributed by atoms with Crippen LogP contribution in [0.1, 0.15) is 43.7 Å². The van der Waals surface area contributed by atoms with Gasteiger partial charge in [0.15, 0.2) is 0 Å². The van der Waals surface area contributed by atoms with Gasteiger partial charge in [0.2, 0.25) is 0 Å². The molecule has 1 aromatic heterocycles. The zero-order valence-electron chi connectivity index (χ0n) is 13.2. The van der Waals surface area contributed by atoms with Crippen molar-refractivity contribution >= 4 is 22.6 Å². The summed E-state index contributed by atoms with van der Waals surface area (Å²) in [5.41, 5.74) is 2.11. The first-order valence-electron chi connectivity index (χ1n) is 7.29. The maximum Gasteiger partial charge on any atom is 0.295 e. The Labute approximate surface area is 125 Å². The third kappa shape index (κ3) is 2.71. The Kier molecular flexibility index (Phi) is 4.16. The number of aromatic amines is 1. The number of fused-ring (bicyclic) bond motifs is 1. The van der Waals surface area contributed by atoms with Crippen LogP contribution in [0.15, 0.2) is 24.3 Å². The number of H-pyrrole nitrogens is 1. The van der Waals surface area contributed by atoms with Crippen molar-refractivity contribution in [3.8, 4) is 0 Å². The third-order valence-corrected chi connectivity index (χ3v) is 3.66. The molecule has 0 saturated heterocycles. The highest BCUT2D eigenvalue weighted by Crippen LogP contribution is 2.23. The average Bonchev–Trinajstić information content (AvgIpc) is 2.72. The Hall–Kier alpha value is -2.10. The topological polar surface area (TPSA) is 53.2 Å². The number of hydrogen-bond acceptors (Lipinski definition) is 2. The number of nitrogens with zero attached hydrogens (tertiary/aromatic N) is 1. The van der Waals surface area contributed by atoms with Crippen LogP contribution in [0, 0.1) is 6.92 Å². The monoisotopic (exact) mass is 286 g/mol. The number of Topliss-reactive ketones (excluding diaryl/α,β-unsaturated/α-hetero) is 1. The van der Waals surface area contributed by atoms with Gasteiger partial charge in [-0.1, -0.05) is 18.2 Å². The van der Waals surface area contributed by atoms with Gasteiger partial charge in [0.05, 0.1) is 5.56 Å². The molecule has 0 aliphatic heterocycles. The molecule has 1 N–H and O–H groups in total. The number of ketones is 1. The molecule has 0 aliphatic rings. The second kappa shape index (κ2) is 5.72. The minimum atomic E-state index is -0.438. The summed E-state index contributed by atoms with van der Waals surface area (Å²) in [5.74, 6) is -0.875. The molecule has 0 spiro atoms. The molecule has 0 bridgehead atoms. The number of aromatic nitrogens is 1. The number of rotatable bonds is 4. The molecule has 4 heteroatoms. The molecule has 0 unspecified atom stereocenters. The van der Waals surface area contributed by atoms with Crippen LogP contribution in [-0.4, -0.2) is 33.7 Å². The number of hydrogen-bond donors (Lipinski definition) is 1. The molecule has 0 atom stereocenters. The standard InChI is InChI=1S/C17H22N2O2/c1-10(2)19(11(3)4)17(21)16(20)15-12(5)18-14-9-7-6-8-13(14)15/h6-11,18H,1-5H3. The van der Waals surface area contributed by atoms with Crippen molar-refractivity contribution in [2.24, 2.45) is 0 Å². The highest BCUT2D eigenvalue weighted by Gasteiger charge is 2.30. The van der Waals surface area contributed by atoms with E-state index in [4.69, 9.17) is 0 Å². The number of nitrogens with one attached hydrogen (secondary N) is 1. The van der Waals surface area contributed by atoms with Gasteiger partial charge in [0, 0.05) is 28.7 Å². The number of aryl methyl sites for hydroxylation is 1. The molecular formula is C17H22N2O2. The Morgan fingerprint density at radius 3 is 2.19 bits per heavy atom. The summed E-state index contributed by atoms with van der Waals surface area (Å²) >= 11 is 0. The lowest BCUT2D eigenvalue weighted by molar-refractivity contribution is -0.129. The lowest BCUT2D eigenvalue weighted by Gasteiger charge is -2.30. The molecule has 1 aromatic carbocycles. The van der Waals surface area contributed by atoms with Gasteiger partial charge in [0.25, 0.3) is 11.7 Å². The Balaban J connectivity index is 2.47. The first-order valence-corrected chi connectivity index (χ1v) is 7.29. The predicted octanol–water partition coefficient (Wildman–Crippen LogP) is 3.30. The molecule has 2 rings (SSSR count). The number of carbonyl (C=O) groups is 2. The van der Waals surface area contributed by atoms with E-state index in [1.807, 2.05) is 58.9 Å². The number of para-hydroxylation sites is 1. The van der Waals surface area contributed by atoms with Gasteiger partial charge >= 0.3 is 0 Å². The maximum absolute atomic E-state index is 12.7. The van der Waals surface area contributed by atoms with E-state index in [9.17, 15) is 9.59 Å². The van der Waals surface area contributed by atoms with Gasteiger partial charge in [-0.05, 0) is 40.7 Å². The molecule has 21 heavy (non-hydrogen) atoms. The molecule has 1 heterocycles. The Morgan fingerprint density at radius 2 is 1.62 bits per heavy atom. The van der Waals surface area contributed by atoms with Crippen molar-refractivity contribution in [3.63, 3.8) is 0 Å². The molecule has 4 nitrogen and oxygen atoms in total. The number of carbonyl (C=O) groups excluding carboxylic acids is 2. The van der Waals surface area contributed by atoms with Crippen molar-refractivity contribution in [2.75, 3.05) is 0 Å². The minimum absolute atomic E-state index is 0.00744. The third-order valence-electron chi connectivity index (χ3n) is 3.66. The minimum Gasteiger partial charge on any atom is -0.358 e. The van der Waals surface area contributed by atoms with Crippen LogP contribution in [-0.2, 0) is 4.79 Å². The van der Waals surface area contributed by atoms with Crippen LogP contribution >= 0.6 is 0 Å². The lowest BCUT2D eigenvalue weighted by Crippen LogP contribution is -2.45. The first-order chi connectivity index (χ1) is 9.84. The second-order valence-corrected chi connectivity index (χ2v) is 5.90. The van der Waals surface area contributed by atoms with Crippen LogP contribution in [0.2, 0.25) is 0 Å². The van der Waals surface area contributed by atoms with Crippen LogP contribution in [0.5, 0.6) is 0 Å². The van der Waals surface area contributed by atoms with Crippen molar-refractivity contribution in [2.45, 2.75) is 46.7 Å². The van der Waals surface area contributed by atoms with Gasteiger partial charge in [0.1, 0.15) is 0 Å². The molecule has 0 saturated carbocycles. The van der Waals surface area contributed by atoms with Gasteiger partial charge in [-0.15, -0.1) is 0 Å². The first kappa shape index (κ1) is 15.3. The fourth-order valence-electron chi connectivity index (χ4n) is 2.86. The summed E-state index contributed by atoms with van der Waals surface area (Å²) in [6.07, 6.45) is 0. The summed E-state index contributed by atoms with van der Waals surface area (Å²) in [5, 5.41) is 0.806. The van der Waals surface area contributed by atoms with E-state index in [0.717, 1.165) is 16.6 Å². The van der Waals surface area contributed by atoms with Gasteiger partial charge in [-0.3, -0.25) is 9.59 Å². The smallest absolute Gasteiger partial charge is 0.295 e. The zero-order valence-corrected chi connectivity index (χ0v) is 13.2. The quantitative estimate of drug-likeness (QED) is 0.692. The Bertz CT molecular complexity index is 675. The molecule has 0 radical (unpaired) electrons. The fourth-order valence-corrected chi connectivity index (χ4v) is 2.86. The lowest BCUT2D eigenvalue weighted by atomic mass is 10.0. The highest BCUT2D eigenvalue weighted by atomic mass is 16.2. The molecule has 1 amide bonds. The molecule has 112 valence electrons. The highest BCUT2D eigenvalue weighted by molar-refractivity contribution is 6.45. The number of benzene rings is 1. The van der Waals surface area contributed by atoms with Crippen LogP contribution in [0.3, 0.4) is 0 Å². The summed E-state index contributed by atoms with van der Waals surface area (Å²) in [6.45, 7) is 9.52. The van der Waals surface area contributed by atoms with Gasteiger partial charge in [-0.25, -0.2) is 0 Å². The summed E-state index contributed by atoms with van der Waals surface area (Å²) in [6, 6.07) is 7.54.